The number of hydrogen-bond donors (Lipinski definition) is 2. The van der Waals surface area contributed by atoms with Crippen LogP contribution in [-0.2, 0) is 11.3 Å². The molecule has 1 aromatic carbocycles. The summed E-state index contributed by atoms with van der Waals surface area (Å²) in [5.41, 5.74) is 1.06. The molecule has 2 aromatic rings. The van der Waals surface area contributed by atoms with E-state index in [1.165, 1.54) is 0 Å². The normalized spacial score (nSPS) is 19.6. The van der Waals surface area contributed by atoms with Crippen molar-refractivity contribution in [3.63, 3.8) is 0 Å². The molecule has 2 N–H and O–H groups in total. The number of fused-ring (bicyclic) bond motifs is 1. The van der Waals surface area contributed by atoms with E-state index in [0.717, 1.165) is 49.9 Å². The minimum Gasteiger partial charge on any atom is -0.390 e. The van der Waals surface area contributed by atoms with Crippen LogP contribution in [0.2, 0.25) is 0 Å². The van der Waals surface area contributed by atoms with Crippen LogP contribution in [-0.4, -0.2) is 70.5 Å². The number of para-hydroxylation sites is 2. The SMILES string of the molecule is COCCCCn1c(C(=O)N(CC(C)C)C2CNCC(C(C)(C)O)C2)nc2ccccc21. The summed E-state index contributed by atoms with van der Waals surface area (Å²) in [6.45, 7) is 11.6. The Morgan fingerprint density at radius 2 is 2.06 bits per heavy atom. The minimum absolute atomic E-state index is 0.0233. The number of carbonyl (C=O) groups excluding carboxylic acids is 1. The molecular formula is C25H40N4O3. The van der Waals surface area contributed by atoms with E-state index in [1.807, 2.05) is 43.0 Å². The molecule has 0 spiro atoms. The van der Waals surface area contributed by atoms with E-state index in [0.29, 0.717) is 24.9 Å². The number of unbranched alkanes of at least 4 members (excludes halogenated alkanes) is 1. The molecule has 32 heavy (non-hydrogen) atoms. The van der Waals surface area contributed by atoms with Crippen molar-refractivity contribution >= 4 is 16.9 Å². The van der Waals surface area contributed by atoms with E-state index < -0.39 is 5.60 Å². The third kappa shape index (κ3) is 5.88. The number of aliphatic hydroxyl groups is 1. The van der Waals surface area contributed by atoms with Crippen molar-refractivity contribution < 1.29 is 14.6 Å². The fourth-order valence-electron chi connectivity index (χ4n) is 4.60. The molecule has 2 heterocycles. The Kier molecular flexibility index (Phi) is 8.31. The standard InChI is InChI=1S/C25H40N4O3/c1-18(2)17-29(20-14-19(15-26-16-20)25(3,4)31)24(30)23-27-21-10-6-7-11-22(21)28(23)12-8-9-13-32-5/h6-7,10-11,18-20,26,31H,8-9,12-17H2,1-5H3. The molecule has 1 saturated heterocycles. The average molecular weight is 445 g/mol. The number of aromatic nitrogens is 2. The number of carbonyl (C=O) groups is 1. The molecule has 0 bridgehead atoms. The number of methoxy groups -OCH3 is 1. The topological polar surface area (TPSA) is 79.6 Å². The number of hydrogen-bond acceptors (Lipinski definition) is 5. The van der Waals surface area contributed by atoms with Gasteiger partial charge < -0.3 is 24.6 Å². The molecule has 0 saturated carbocycles. The fourth-order valence-corrected chi connectivity index (χ4v) is 4.60. The summed E-state index contributed by atoms with van der Waals surface area (Å²) < 4.78 is 7.27. The predicted octanol–water partition coefficient (Wildman–Crippen LogP) is 3.31. The molecule has 0 aliphatic carbocycles. The van der Waals surface area contributed by atoms with E-state index in [-0.39, 0.29) is 17.9 Å². The van der Waals surface area contributed by atoms with Gasteiger partial charge in [-0.1, -0.05) is 26.0 Å². The Morgan fingerprint density at radius 3 is 2.75 bits per heavy atom. The maximum Gasteiger partial charge on any atom is 0.290 e. The smallest absolute Gasteiger partial charge is 0.290 e. The summed E-state index contributed by atoms with van der Waals surface area (Å²) in [5.74, 6) is 0.914. The Balaban J connectivity index is 1.92. The van der Waals surface area contributed by atoms with Gasteiger partial charge in [-0.05, 0) is 51.2 Å². The third-order valence-electron chi connectivity index (χ3n) is 6.42. The summed E-state index contributed by atoms with van der Waals surface area (Å²) in [4.78, 5) is 20.7. The number of nitrogens with zero attached hydrogens (tertiary/aromatic N) is 3. The van der Waals surface area contributed by atoms with Crippen LogP contribution >= 0.6 is 0 Å². The van der Waals surface area contributed by atoms with Crippen molar-refractivity contribution in [3.05, 3.63) is 30.1 Å². The summed E-state index contributed by atoms with van der Waals surface area (Å²) >= 11 is 0. The Morgan fingerprint density at radius 1 is 1.31 bits per heavy atom. The zero-order valence-corrected chi connectivity index (χ0v) is 20.3. The van der Waals surface area contributed by atoms with Crippen molar-refractivity contribution in [2.75, 3.05) is 33.4 Å². The summed E-state index contributed by atoms with van der Waals surface area (Å²) in [6, 6.07) is 7.99. The van der Waals surface area contributed by atoms with Crippen molar-refractivity contribution in [1.82, 2.24) is 19.8 Å². The monoisotopic (exact) mass is 444 g/mol. The number of amides is 1. The number of aryl methyl sites for hydroxylation is 1. The van der Waals surface area contributed by atoms with Crippen LogP contribution in [0.25, 0.3) is 11.0 Å². The van der Waals surface area contributed by atoms with Gasteiger partial charge in [-0.3, -0.25) is 4.79 Å². The van der Waals surface area contributed by atoms with Crippen molar-refractivity contribution in [3.8, 4) is 0 Å². The second-order valence-corrected chi connectivity index (χ2v) is 10.0. The number of imidazole rings is 1. The molecule has 2 unspecified atom stereocenters. The number of ether oxygens (including phenoxy) is 1. The lowest BCUT2D eigenvalue weighted by atomic mass is 9.82. The zero-order chi connectivity index (χ0) is 23.3. The van der Waals surface area contributed by atoms with Gasteiger partial charge in [-0.25, -0.2) is 4.98 Å². The van der Waals surface area contributed by atoms with E-state index in [9.17, 15) is 9.90 Å². The van der Waals surface area contributed by atoms with Crippen molar-refractivity contribution in [2.45, 2.75) is 65.1 Å². The first-order valence-electron chi connectivity index (χ1n) is 11.9. The molecule has 178 valence electrons. The highest BCUT2D eigenvalue weighted by Crippen LogP contribution is 2.28. The van der Waals surface area contributed by atoms with Gasteiger partial charge in [0.25, 0.3) is 5.91 Å². The van der Waals surface area contributed by atoms with Crippen LogP contribution in [0.1, 0.15) is 57.6 Å². The minimum atomic E-state index is -0.785. The predicted molar refractivity (Wildman–Crippen MR) is 128 cm³/mol. The molecule has 3 rings (SSSR count). The largest absolute Gasteiger partial charge is 0.390 e. The van der Waals surface area contributed by atoms with E-state index in [4.69, 9.17) is 9.72 Å². The fraction of sp³-hybridized carbons (Fsp3) is 0.680. The van der Waals surface area contributed by atoms with E-state index in [2.05, 4.69) is 23.7 Å². The van der Waals surface area contributed by atoms with Gasteiger partial charge in [-0.15, -0.1) is 0 Å². The van der Waals surface area contributed by atoms with Gasteiger partial charge in [0.05, 0.1) is 16.6 Å². The number of rotatable bonds is 10. The van der Waals surface area contributed by atoms with Gasteiger partial charge >= 0.3 is 0 Å². The second-order valence-electron chi connectivity index (χ2n) is 10.0. The van der Waals surface area contributed by atoms with Crippen LogP contribution in [0.15, 0.2) is 24.3 Å². The van der Waals surface area contributed by atoms with Gasteiger partial charge in [0.15, 0.2) is 5.82 Å². The molecule has 7 heteroatoms. The van der Waals surface area contributed by atoms with Crippen LogP contribution < -0.4 is 5.32 Å². The molecule has 1 aliphatic heterocycles. The first-order valence-corrected chi connectivity index (χ1v) is 11.9. The number of piperidine rings is 1. The third-order valence-corrected chi connectivity index (χ3v) is 6.42. The quantitative estimate of drug-likeness (QED) is 0.550. The molecule has 7 nitrogen and oxygen atoms in total. The maximum absolute atomic E-state index is 13.9. The lowest BCUT2D eigenvalue weighted by Crippen LogP contribution is -2.55. The molecule has 1 aromatic heterocycles. The van der Waals surface area contributed by atoms with Crippen molar-refractivity contribution in [2.24, 2.45) is 11.8 Å². The molecule has 0 radical (unpaired) electrons. The highest BCUT2D eigenvalue weighted by Gasteiger charge is 2.37. The molecule has 2 atom stereocenters. The van der Waals surface area contributed by atoms with Crippen LogP contribution in [0, 0.1) is 11.8 Å². The molecule has 1 fully saturated rings. The molecular weight excluding hydrogens is 404 g/mol. The highest BCUT2D eigenvalue weighted by molar-refractivity contribution is 5.95. The molecule has 1 aliphatic rings. The van der Waals surface area contributed by atoms with Crippen LogP contribution in [0.3, 0.4) is 0 Å². The molecule has 1 amide bonds. The van der Waals surface area contributed by atoms with Crippen LogP contribution in [0.5, 0.6) is 0 Å². The second kappa shape index (κ2) is 10.8. The lowest BCUT2D eigenvalue weighted by molar-refractivity contribution is -0.0113. The maximum atomic E-state index is 13.9. The van der Waals surface area contributed by atoms with E-state index >= 15 is 0 Å². The van der Waals surface area contributed by atoms with E-state index in [1.54, 1.807) is 7.11 Å². The van der Waals surface area contributed by atoms with Gasteiger partial charge in [0.2, 0.25) is 0 Å². The summed E-state index contributed by atoms with van der Waals surface area (Å²) in [5, 5.41) is 14.0. The number of nitrogens with one attached hydrogen (secondary N) is 1. The first kappa shape index (κ1) is 24.7. The Hall–Kier alpha value is -1.96. The van der Waals surface area contributed by atoms with Crippen LogP contribution in [0.4, 0.5) is 0 Å². The Labute approximate surface area is 192 Å². The number of benzene rings is 1. The first-order chi connectivity index (χ1) is 15.2. The summed E-state index contributed by atoms with van der Waals surface area (Å²) in [6.07, 6.45) is 2.64. The Bertz CT molecular complexity index is 887. The average Bonchev–Trinajstić information content (AvgIpc) is 3.12. The van der Waals surface area contributed by atoms with Gasteiger partial charge in [0, 0.05) is 51.9 Å². The zero-order valence-electron chi connectivity index (χ0n) is 20.3. The van der Waals surface area contributed by atoms with Crippen molar-refractivity contribution in [1.29, 1.82) is 0 Å². The lowest BCUT2D eigenvalue weighted by Gasteiger charge is -2.42. The summed E-state index contributed by atoms with van der Waals surface area (Å²) in [7, 11) is 1.71. The van der Waals surface area contributed by atoms with Gasteiger partial charge in [-0.2, -0.15) is 0 Å². The van der Waals surface area contributed by atoms with Gasteiger partial charge in [0.1, 0.15) is 0 Å². The highest BCUT2D eigenvalue weighted by atomic mass is 16.5.